The van der Waals surface area contributed by atoms with Gasteiger partial charge < -0.3 is 4.74 Å². The van der Waals surface area contributed by atoms with Crippen LogP contribution in [0.25, 0.3) is 22.0 Å². The molecule has 0 fully saturated rings. The number of hydrogen-bond acceptors (Lipinski definition) is 5. The third-order valence-corrected chi connectivity index (χ3v) is 4.92. The number of thiazole rings is 1. The van der Waals surface area contributed by atoms with Crippen LogP contribution in [0.15, 0.2) is 78.2 Å². The molecule has 0 saturated carbocycles. The number of anilines is 1. The van der Waals surface area contributed by atoms with E-state index in [4.69, 9.17) is 4.74 Å². The Morgan fingerprint density at radius 3 is 2.54 bits per heavy atom. The Morgan fingerprint density at radius 1 is 0.929 bits per heavy atom. The molecule has 0 saturated heterocycles. The minimum Gasteiger partial charge on any atom is -0.452 e. The molecule has 0 unspecified atom stereocenters. The maximum Gasteiger partial charge on any atom is 0.339 e. The monoisotopic (exact) mass is 388 g/mol. The van der Waals surface area contributed by atoms with Crippen LogP contribution >= 0.6 is 11.3 Å². The number of amides is 1. The van der Waals surface area contributed by atoms with Crippen molar-refractivity contribution in [1.82, 2.24) is 4.98 Å². The van der Waals surface area contributed by atoms with Crippen molar-refractivity contribution in [2.45, 2.75) is 0 Å². The number of aromatic nitrogens is 1. The Labute approximate surface area is 165 Å². The Bertz CT molecular complexity index is 1130. The fraction of sp³-hybridized carbons (Fsp3) is 0.0455. The van der Waals surface area contributed by atoms with E-state index in [0.717, 1.165) is 22.0 Å². The molecule has 0 aliphatic rings. The van der Waals surface area contributed by atoms with E-state index >= 15 is 0 Å². The van der Waals surface area contributed by atoms with Gasteiger partial charge in [-0.25, -0.2) is 9.78 Å². The summed E-state index contributed by atoms with van der Waals surface area (Å²) in [6, 6.07) is 22.6. The molecule has 4 rings (SSSR count). The van der Waals surface area contributed by atoms with Crippen molar-refractivity contribution in [3.8, 4) is 11.3 Å². The number of carbonyl (C=O) groups is 2. The number of fused-ring (bicyclic) bond motifs is 1. The lowest BCUT2D eigenvalue weighted by Crippen LogP contribution is -2.21. The highest BCUT2D eigenvalue weighted by Gasteiger charge is 2.14. The van der Waals surface area contributed by atoms with Crippen molar-refractivity contribution >= 4 is 39.1 Å². The molecular weight excluding hydrogens is 372 g/mol. The summed E-state index contributed by atoms with van der Waals surface area (Å²) in [5.41, 5.74) is 2.20. The van der Waals surface area contributed by atoms with E-state index < -0.39 is 11.9 Å². The molecule has 0 spiro atoms. The van der Waals surface area contributed by atoms with Crippen LogP contribution in [0.2, 0.25) is 0 Å². The first-order valence-corrected chi connectivity index (χ1v) is 9.54. The van der Waals surface area contributed by atoms with Gasteiger partial charge in [-0.05, 0) is 16.8 Å². The highest BCUT2D eigenvalue weighted by Crippen LogP contribution is 2.24. The van der Waals surface area contributed by atoms with Crippen LogP contribution in [0.1, 0.15) is 10.4 Å². The van der Waals surface area contributed by atoms with Crippen LogP contribution in [0.4, 0.5) is 5.13 Å². The number of hydrogen-bond donors (Lipinski definition) is 1. The molecule has 0 radical (unpaired) electrons. The summed E-state index contributed by atoms with van der Waals surface area (Å²) in [7, 11) is 0. The summed E-state index contributed by atoms with van der Waals surface area (Å²) >= 11 is 1.32. The molecular formula is C22H16N2O3S. The van der Waals surface area contributed by atoms with E-state index in [1.54, 1.807) is 12.1 Å². The van der Waals surface area contributed by atoms with Crippen molar-refractivity contribution in [2.75, 3.05) is 11.9 Å². The topological polar surface area (TPSA) is 68.3 Å². The minimum atomic E-state index is -0.531. The van der Waals surface area contributed by atoms with Crippen LogP contribution in [0.5, 0.6) is 0 Å². The van der Waals surface area contributed by atoms with E-state index in [9.17, 15) is 9.59 Å². The molecule has 0 bridgehead atoms. The first kappa shape index (κ1) is 17.9. The van der Waals surface area contributed by atoms with Gasteiger partial charge in [-0.1, -0.05) is 66.7 Å². The largest absolute Gasteiger partial charge is 0.452 e. The first-order chi connectivity index (χ1) is 13.7. The Kier molecular flexibility index (Phi) is 5.12. The maximum absolute atomic E-state index is 12.4. The van der Waals surface area contributed by atoms with Crippen LogP contribution in [-0.4, -0.2) is 23.5 Å². The average Bonchev–Trinajstić information content (AvgIpc) is 3.20. The zero-order chi connectivity index (χ0) is 19.3. The Morgan fingerprint density at radius 2 is 1.68 bits per heavy atom. The van der Waals surface area contributed by atoms with Gasteiger partial charge in [-0.3, -0.25) is 10.1 Å². The smallest absolute Gasteiger partial charge is 0.339 e. The quantitative estimate of drug-likeness (QED) is 0.501. The van der Waals surface area contributed by atoms with E-state index in [1.807, 2.05) is 66.0 Å². The zero-order valence-corrected chi connectivity index (χ0v) is 15.6. The normalized spacial score (nSPS) is 10.6. The van der Waals surface area contributed by atoms with Gasteiger partial charge in [-0.2, -0.15) is 0 Å². The van der Waals surface area contributed by atoms with E-state index in [-0.39, 0.29) is 6.61 Å². The Hall–Kier alpha value is -3.51. The minimum absolute atomic E-state index is 0.373. The second-order valence-electron chi connectivity index (χ2n) is 6.05. The van der Waals surface area contributed by atoms with E-state index in [1.165, 1.54) is 11.3 Å². The molecule has 0 aliphatic heterocycles. The third-order valence-electron chi connectivity index (χ3n) is 4.16. The molecule has 5 nitrogen and oxygen atoms in total. The van der Waals surface area contributed by atoms with Crippen LogP contribution in [0, 0.1) is 0 Å². The standard InChI is InChI=1S/C22H16N2O3S/c25-20(24-22-23-19(14-28-22)16-8-2-1-3-9-16)13-27-21(26)18-12-6-10-15-7-4-5-11-17(15)18/h1-12,14H,13H2,(H,23,24,25). The lowest BCUT2D eigenvalue weighted by atomic mass is 10.1. The summed E-state index contributed by atoms with van der Waals surface area (Å²) in [6.07, 6.45) is 0. The van der Waals surface area contributed by atoms with Crippen LogP contribution in [0.3, 0.4) is 0 Å². The van der Waals surface area contributed by atoms with Crippen molar-refractivity contribution in [3.05, 3.63) is 83.7 Å². The SMILES string of the molecule is O=C(COC(=O)c1cccc2ccccc12)Nc1nc(-c2ccccc2)cs1. The number of nitrogens with one attached hydrogen (secondary N) is 1. The van der Waals surface area contributed by atoms with Gasteiger partial charge in [0.25, 0.3) is 5.91 Å². The highest BCUT2D eigenvalue weighted by molar-refractivity contribution is 7.14. The Balaban J connectivity index is 1.38. The molecule has 1 heterocycles. The fourth-order valence-electron chi connectivity index (χ4n) is 2.84. The van der Waals surface area contributed by atoms with Gasteiger partial charge in [0.1, 0.15) is 0 Å². The second kappa shape index (κ2) is 8.02. The van der Waals surface area contributed by atoms with Crippen LogP contribution in [-0.2, 0) is 9.53 Å². The fourth-order valence-corrected chi connectivity index (χ4v) is 3.58. The van der Waals surface area contributed by atoms with Crippen LogP contribution < -0.4 is 5.32 Å². The second-order valence-corrected chi connectivity index (χ2v) is 6.91. The van der Waals surface area contributed by atoms with Gasteiger partial charge in [0.15, 0.2) is 11.7 Å². The van der Waals surface area contributed by atoms with Crippen molar-refractivity contribution in [1.29, 1.82) is 0 Å². The molecule has 0 aliphatic carbocycles. The van der Waals surface area contributed by atoms with Gasteiger partial charge in [0.2, 0.25) is 0 Å². The van der Waals surface area contributed by atoms with E-state index in [2.05, 4.69) is 10.3 Å². The maximum atomic E-state index is 12.4. The molecule has 6 heteroatoms. The predicted molar refractivity (Wildman–Crippen MR) is 110 cm³/mol. The molecule has 1 aromatic heterocycles. The van der Waals surface area contributed by atoms with Crippen molar-refractivity contribution in [3.63, 3.8) is 0 Å². The number of nitrogens with zero attached hydrogens (tertiary/aromatic N) is 1. The summed E-state index contributed by atoms with van der Waals surface area (Å²) in [5.74, 6) is -0.960. The lowest BCUT2D eigenvalue weighted by Gasteiger charge is -2.07. The number of rotatable bonds is 5. The van der Waals surface area contributed by atoms with E-state index in [0.29, 0.717) is 10.7 Å². The number of carbonyl (C=O) groups excluding carboxylic acids is 2. The average molecular weight is 388 g/mol. The number of benzene rings is 3. The summed E-state index contributed by atoms with van der Waals surface area (Å²) < 4.78 is 5.19. The van der Waals surface area contributed by atoms with Gasteiger partial charge in [-0.15, -0.1) is 11.3 Å². The molecule has 1 amide bonds. The molecule has 3 aromatic carbocycles. The predicted octanol–water partition coefficient (Wildman–Crippen LogP) is 4.76. The molecule has 1 N–H and O–H groups in total. The molecule has 4 aromatic rings. The summed E-state index contributed by atoms with van der Waals surface area (Å²) in [6.45, 7) is -0.373. The van der Waals surface area contributed by atoms with Crippen molar-refractivity contribution in [2.24, 2.45) is 0 Å². The van der Waals surface area contributed by atoms with Gasteiger partial charge in [0.05, 0.1) is 11.3 Å². The third kappa shape index (κ3) is 3.92. The highest BCUT2D eigenvalue weighted by atomic mass is 32.1. The first-order valence-electron chi connectivity index (χ1n) is 8.66. The molecule has 28 heavy (non-hydrogen) atoms. The summed E-state index contributed by atoms with van der Waals surface area (Å²) in [4.78, 5) is 28.9. The molecule has 0 atom stereocenters. The zero-order valence-electron chi connectivity index (χ0n) is 14.8. The van der Waals surface area contributed by atoms with Crippen molar-refractivity contribution < 1.29 is 14.3 Å². The molecule has 138 valence electrons. The number of esters is 1. The van der Waals surface area contributed by atoms with Gasteiger partial charge >= 0.3 is 5.97 Å². The lowest BCUT2D eigenvalue weighted by molar-refractivity contribution is -0.119. The number of ether oxygens (including phenoxy) is 1. The summed E-state index contributed by atoms with van der Waals surface area (Å²) in [5, 5.41) is 6.73. The van der Waals surface area contributed by atoms with Gasteiger partial charge in [0, 0.05) is 10.9 Å².